The van der Waals surface area contributed by atoms with Gasteiger partial charge in [0.1, 0.15) is 18.5 Å². The van der Waals surface area contributed by atoms with Gasteiger partial charge in [0.2, 0.25) is 23.6 Å². The highest BCUT2D eigenvalue weighted by molar-refractivity contribution is 6.21. The number of hydrazone groups is 3. The number of benzene rings is 2. The summed E-state index contributed by atoms with van der Waals surface area (Å²) in [4.78, 5) is 117. The minimum Gasteiger partial charge on any atom is -0.494 e. The maximum atomic E-state index is 13.9. The summed E-state index contributed by atoms with van der Waals surface area (Å²) in [6, 6.07) is 12.5. The van der Waals surface area contributed by atoms with Gasteiger partial charge in [-0.05, 0) is 63.6 Å². The van der Waals surface area contributed by atoms with Crippen molar-refractivity contribution in [2.45, 2.75) is 83.2 Å². The number of nitrogens with zero attached hydrogens (tertiary/aromatic N) is 12. The van der Waals surface area contributed by atoms with Gasteiger partial charge in [0.05, 0.1) is 69.9 Å². The van der Waals surface area contributed by atoms with Gasteiger partial charge in [-0.2, -0.15) is 20.6 Å². The molecule has 3 fully saturated rings. The van der Waals surface area contributed by atoms with Crippen LogP contribution in [-0.2, 0) is 38.4 Å². The van der Waals surface area contributed by atoms with E-state index in [1.54, 1.807) is 57.0 Å². The number of alkyl halides is 2. The second kappa shape index (κ2) is 39.4. The number of halogens is 2. The number of aryl methyl sites for hydroxylation is 1. The number of hydrogen-bond acceptors (Lipinski definition) is 21. The highest BCUT2D eigenvalue weighted by Gasteiger charge is 2.47. The van der Waals surface area contributed by atoms with E-state index < -0.39 is 73.1 Å². The van der Waals surface area contributed by atoms with Gasteiger partial charge < -0.3 is 40.5 Å². The molecule has 2 aromatic rings. The van der Waals surface area contributed by atoms with Gasteiger partial charge in [-0.1, -0.05) is 42.3 Å². The topological polar surface area (TPSA) is 363 Å². The van der Waals surface area contributed by atoms with Crippen molar-refractivity contribution in [1.29, 1.82) is 5.26 Å². The standard InChI is InChI=1S/C61H87F2N17O12/c1-4-50(60(91)66-38-56(84)80-43-61(62,63)34-48(80)35-64)51-33-49(15-16-52(51)65-3)92-32-8-19-74-28-30-79(31-29-74)55(83)10-7-5-6-9-53(81)73-69-37-47(17-18-67-70-44-71-68-36-46-13-11-45(2)12-14-46)72-54(82)39-75-20-22-76(40-57(85)86)24-26-78(42-59(89)90)27-25-77(23-21-75)41-58(87)88/h4,11-16,18,33,36-37,47-48,70-71H,3,5-10,17,19-32,34,38-44H2,1-2H3,(H,66,91)(H,72,82)(H,73,81)(H,85,86)(H,87,88)(H,89,90)/b50-4+,67-18+,68-36+,69-37-/t47?,48-/m1/s1. The maximum absolute atomic E-state index is 13.9. The zero-order valence-corrected chi connectivity index (χ0v) is 52.4. The number of hydrogen-bond donors (Lipinski definition) is 8. The third kappa shape index (κ3) is 27.7. The van der Waals surface area contributed by atoms with E-state index in [2.05, 4.69) is 58.8 Å². The Bertz CT molecular complexity index is 2920. The zero-order valence-electron chi connectivity index (χ0n) is 52.4. The Balaban J connectivity index is 1.04. The molecule has 502 valence electrons. The number of nitriles is 1. The second-order valence-corrected chi connectivity index (χ2v) is 22.4. The molecule has 2 atom stereocenters. The van der Waals surface area contributed by atoms with Gasteiger partial charge >= 0.3 is 17.9 Å². The number of carboxylic acid groups (broad SMARTS) is 3. The Morgan fingerprint density at radius 3 is 1.91 bits per heavy atom. The molecule has 0 saturated carbocycles. The van der Waals surface area contributed by atoms with Crippen LogP contribution in [-0.4, -0.2) is 278 Å². The lowest BCUT2D eigenvalue weighted by Gasteiger charge is -2.34. The first-order chi connectivity index (χ1) is 44.1. The predicted molar refractivity (Wildman–Crippen MR) is 339 cm³/mol. The first-order valence-electron chi connectivity index (χ1n) is 30.6. The fourth-order valence-corrected chi connectivity index (χ4v) is 10.3. The second-order valence-electron chi connectivity index (χ2n) is 22.4. The van der Waals surface area contributed by atoms with E-state index in [9.17, 15) is 67.7 Å². The molecule has 0 spiro atoms. The maximum Gasteiger partial charge on any atom is 0.317 e. The van der Waals surface area contributed by atoms with Gasteiger partial charge in [0, 0.05) is 134 Å². The van der Waals surface area contributed by atoms with Crippen LogP contribution in [0.5, 0.6) is 5.75 Å². The molecular formula is C61H87F2N17O12. The Kier molecular flexibility index (Phi) is 31.7. The molecule has 0 radical (unpaired) electrons. The number of rotatable bonds is 34. The molecule has 1 unspecified atom stereocenters. The average molecular weight is 1290 g/mol. The zero-order chi connectivity index (χ0) is 66.8. The van der Waals surface area contributed by atoms with Crippen LogP contribution in [0.15, 0.2) is 68.8 Å². The highest BCUT2D eigenvalue weighted by Crippen LogP contribution is 2.33. The lowest BCUT2D eigenvalue weighted by Crippen LogP contribution is -2.50. The van der Waals surface area contributed by atoms with Crippen molar-refractivity contribution in [3.63, 3.8) is 0 Å². The van der Waals surface area contributed by atoms with Crippen molar-refractivity contribution in [3.8, 4) is 11.8 Å². The van der Waals surface area contributed by atoms with Crippen LogP contribution in [0.4, 0.5) is 14.5 Å². The Morgan fingerprint density at radius 1 is 0.739 bits per heavy atom. The molecule has 3 saturated heterocycles. The Morgan fingerprint density at radius 2 is 1.33 bits per heavy atom. The molecule has 3 aliphatic rings. The average Bonchev–Trinajstić information content (AvgIpc) is 1.79. The summed E-state index contributed by atoms with van der Waals surface area (Å²) < 4.78 is 33.9. The molecule has 31 heteroatoms. The number of carboxylic acids is 3. The van der Waals surface area contributed by atoms with Gasteiger partial charge in [-0.3, -0.25) is 78.7 Å². The smallest absolute Gasteiger partial charge is 0.317 e. The highest BCUT2D eigenvalue weighted by atomic mass is 19.3. The molecule has 3 heterocycles. The van der Waals surface area contributed by atoms with Gasteiger partial charge in [0.25, 0.3) is 11.8 Å². The monoisotopic (exact) mass is 1290 g/mol. The molecule has 0 aromatic heterocycles. The third-order valence-corrected chi connectivity index (χ3v) is 15.3. The number of likely N-dealkylation sites (tertiary alicyclic amines) is 1. The number of piperazine rings is 1. The van der Waals surface area contributed by atoms with Crippen LogP contribution < -0.4 is 31.6 Å². The number of allylic oxidation sites excluding steroid dienone is 1. The number of amides is 5. The van der Waals surface area contributed by atoms with E-state index in [0.717, 1.165) is 16.0 Å². The quantitative estimate of drug-likeness (QED) is 0.0160. The number of carbonyl (C=O) groups excluding carboxylic acids is 5. The summed E-state index contributed by atoms with van der Waals surface area (Å²) >= 11 is 0. The summed E-state index contributed by atoms with van der Waals surface area (Å²) in [7, 11) is 0. The lowest BCUT2D eigenvalue weighted by molar-refractivity contribution is -0.140. The molecule has 29 nitrogen and oxygen atoms in total. The van der Waals surface area contributed by atoms with E-state index in [1.165, 1.54) is 18.5 Å². The minimum absolute atomic E-state index is 0.0316. The molecule has 5 amide bonds. The minimum atomic E-state index is -3.19. The van der Waals surface area contributed by atoms with Crippen LogP contribution in [0, 0.1) is 18.3 Å². The van der Waals surface area contributed by atoms with Crippen molar-refractivity contribution in [3.05, 3.63) is 65.2 Å². The van der Waals surface area contributed by atoms with Crippen molar-refractivity contribution >= 4 is 84.1 Å². The summed E-state index contributed by atoms with van der Waals surface area (Å²) in [6.45, 7) is 10.1. The van der Waals surface area contributed by atoms with Crippen LogP contribution >= 0.6 is 0 Å². The van der Waals surface area contributed by atoms with Gasteiger partial charge in [-0.25, -0.2) is 14.2 Å². The number of ether oxygens (including phenoxy) is 1. The summed E-state index contributed by atoms with van der Waals surface area (Å²) in [5.41, 5.74) is 11.1. The van der Waals surface area contributed by atoms with Crippen molar-refractivity contribution < 1.29 is 67.2 Å². The molecule has 92 heavy (non-hydrogen) atoms. The molecule has 5 rings (SSSR count). The summed E-state index contributed by atoms with van der Waals surface area (Å²) in [6.07, 6.45) is 8.29. The van der Waals surface area contributed by atoms with Crippen LogP contribution in [0.2, 0.25) is 0 Å². The summed E-state index contributed by atoms with van der Waals surface area (Å²) in [5, 5.41) is 55.9. The number of unbranched alkanes of at least 4 members (excludes halogenated alkanes) is 2. The van der Waals surface area contributed by atoms with E-state index in [4.69, 9.17) is 4.74 Å². The molecule has 8 N–H and O–H groups in total. The number of nitrogens with one attached hydrogen (secondary N) is 5. The fourth-order valence-electron chi connectivity index (χ4n) is 10.3. The number of carbonyl (C=O) groups is 8. The van der Waals surface area contributed by atoms with E-state index in [-0.39, 0.29) is 115 Å². The Hall–Kier alpha value is -8.83. The van der Waals surface area contributed by atoms with E-state index in [1.807, 2.05) is 36.1 Å². The Labute approximate surface area is 534 Å². The molecular weight excluding hydrogens is 1200 g/mol. The molecule has 3 aliphatic heterocycles. The molecule has 0 aliphatic carbocycles. The normalized spacial score (nSPS) is 17.9. The van der Waals surface area contributed by atoms with Crippen molar-refractivity contribution in [2.24, 2.45) is 20.3 Å². The first kappa shape index (κ1) is 73.9. The van der Waals surface area contributed by atoms with Crippen LogP contribution in [0.3, 0.4) is 0 Å². The third-order valence-electron chi connectivity index (χ3n) is 15.3. The van der Waals surface area contributed by atoms with Crippen LogP contribution in [0.25, 0.3) is 5.57 Å². The van der Waals surface area contributed by atoms with Crippen LogP contribution in [0.1, 0.15) is 75.0 Å². The summed E-state index contributed by atoms with van der Waals surface area (Å²) in [5.74, 6) is -8.17. The number of aliphatic imine (C=N–C) groups is 1. The largest absolute Gasteiger partial charge is 0.494 e. The molecule has 0 bridgehead atoms. The van der Waals surface area contributed by atoms with E-state index in [0.29, 0.717) is 88.4 Å². The first-order valence-corrected chi connectivity index (χ1v) is 30.6. The fraction of sp³-hybridized carbons (Fsp3) is 0.557. The van der Waals surface area contributed by atoms with Crippen molar-refractivity contribution in [2.75, 3.05) is 138 Å². The lowest BCUT2D eigenvalue weighted by atomic mass is 10.0. The predicted octanol–water partition coefficient (Wildman–Crippen LogP) is 1.08. The van der Waals surface area contributed by atoms with Gasteiger partial charge in [0.15, 0.2) is 0 Å². The van der Waals surface area contributed by atoms with E-state index >= 15 is 0 Å². The number of aliphatic carboxylic acids is 3. The van der Waals surface area contributed by atoms with Gasteiger partial charge in [-0.15, -0.1) is 0 Å². The SMILES string of the molecule is C=Nc1ccc(OCCCN2CCN(C(=O)CCCCCC(=O)N/N=C\C(C/C=N/NCN/N=C/c3ccc(C)cc3)NC(=O)CN3CCN(CC(=O)O)CCN(CC(=O)O)CCN(CC(=O)O)CC3)CC2)cc1/C(=C\C)C(=O)NCC(=O)N1CC(F)(F)C[C@@H]1C#N. The van der Waals surface area contributed by atoms with Crippen molar-refractivity contribution in [1.82, 2.24) is 61.2 Å². The molecule has 2 aromatic carbocycles.